The molecule has 2 nitrogen and oxygen atoms in total. The van der Waals surface area contributed by atoms with Crippen molar-refractivity contribution in [2.75, 3.05) is 13.2 Å². The number of allylic oxidation sites excluding steroid dienone is 6. The first-order chi connectivity index (χ1) is 10.1. The molecule has 0 saturated heterocycles. The van der Waals surface area contributed by atoms with Crippen LogP contribution in [0.2, 0.25) is 0 Å². The van der Waals surface area contributed by atoms with Crippen molar-refractivity contribution < 1.29 is 36.1 Å². The van der Waals surface area contributed by atoms with Gasteiger partial charge in [-0.25, -0.2) is 12.2 Å². The van der Waals surface area contributed by atoms with Gasteiger partial charge in [-0.3, -0.25) is 6.08 Å². The number of unbranched alkanes of at least 4 members (excludes halogenated alkanes) is 2. The average Bonchev–Trinajstić information content (AvgIpc) is 3.02. The van der Waals surface area contributed by atoms with Crippen LogP contribution >= 0.6 is 0 Å². The normalized spacial score (nSPS) is 10.1. The minimum atomic E-state index is 0. The quantitative estimate of drug-likeness (QED) is 0.258. The maximum Gasteiger partial charge on any atom is 4.00 e. The maximum atomic E-state index is 9.64. The van der Waals surface area contributed by atoms with Crippen molar-refractivity contribution in [3.8, 4) is 0 Å². The Morgan fingerprint density at radius 1 is 1.05 bits per heavy atom. The van der Waals surface area contributed by atoms with Gasteiger partial charge in [0.2, 0.25) is 0 Å². The molecule has 0 aliphatic heterocycles. The molecule has 0 saturated carbocycles. The standard InChI is InChI=1S/2C5H9O.C5H5.C4H9.Hf/c2*1-2-3-4-5-6;1-2-4-5-3-1;1-4(2)3;/h2*2H,1,3-5H2;1-3H,4H2;1-3H3;/q4*-1;+4. The van der Waals surface area contributed by atoms with Gasteiger partial charge in [0.1, 0.15) is 0 Å². The monoisotopic (exact) mass is 472 g/mol. The molecule has 0 aromatic heterocycles. The molecule has 0 amide bonds. The fourth-order valence-corrected chi connectivity index (χ4v) is 0.796. The zero-order valence-electron chi connectivity index (χ0n) is 14.6. The number of hydrogen-bond donors (Lipinski definition) is 0. The Bertz CT molecular complexity index is 221. The van der Waals surface area contributed by atoms with E-state index in [9.17, 15) is 10.2 Å². The Labute approximate surface area is 157 Å². The zero-order valence-corrected chi connectivity index (χ0v) is 18.2. The van der Waals surface area contributed by atoms with Gasteiger partial charge in [-0.15, -0.1) is 32.8 Å². The Morgan fingerprint density at radius 2 is 1.45 bits per heavy atom. The van der Waals surface area contributed by atoms with Crippen molar-refractivity contribution in [1.29, 1.82) is 0 Å². The molecule has 0 fully saturated rings. The van der Waals surface area contributed by atoms with Gasteiger partial charge in [0.15, 0.2) is 0 Å². The van der Waals surface area contributed by atoms with Crippen LogP contribution < -0.4 is 10.2 Å². The van der Waals surface area contributed by atoms with E-state index in [0.29, 0.717) is 0 Å². The molecule has 124 valence electrons. The summed E-state index contributed by atoms with van der Waals surface area (Å²) in [6, 6.07) is 0. The van der Waals surface area contributed by atoms with E-state index in [2.05, 4.69) is 46.1 Å². The van der Waals surface area contributed by atoms with E-state index in [1.165, 1.54) is 5.92 Å². The summed E-state index contributed by atoms with van der Waals surface area (Å²) >= 11 is 0. The first-order valence-corrected chi connectivity index (χ1v) is 7.43. The van der Waals surface area contributed by atoms with Crippen molar-refractivity contribution in [2.45, 2.75) is 52.9 Å². The van der Waals surface area contributed by atoms with Crippen LogP contribution in [0.1, 0.15) is 52.9 Å². The molecule has 1 aliphatic rings. The van der Waals surface area contributed by atoms with Crippen molar-refractivity contribution in [3.63, 3.8) is 0 Å². The number of rotatable bonds is 6. The summed E-state index contributed by atoms with van der Waals surface area (Å²) in [5, 5.41) is 19.3. The fraction of sp³-hybridized carbons (Fsp3) is 0.526. The van der Waals surface area contributed by atoms with Crippen molar-refractivity contribution in [3.05, 3.63) is 55.5 Å². The van der Waals surface area contributed by atoms with E-state index in [-0.39, 0.29) is 39.1 Å². The second-order valence-corrected chi connectivity index (χ2v) is 4.77. The predicted molar refractivity (Wildman–Crippen MR) is 90.4 cm³/mol. The second-order valence-electron chi connectivity index (χ2n) is 4.77. The summed E-state index contributed by atoms with van der Waals surface area (Å²) < 4.78 is 0. The maximum absolute atomic E-state index is 9.64. The van der Waals surface area contributed by atoms with Crippen LogP contribution in [-0.2, 0) is 25.8 Å². The third-order valence-corrected chi connectivity index (χ3v) is 1.69. The van der Waals surface area contributed by atoms with Crippen LogP contribution in [0.4, 0.5) is 0 Å². The summed E-state index contributed by atoms with van der Waals surface area (Å²) in [4.78, 5) is 0. The minimum Gasteiger partial charge on any atom is -0.854 e. The van der Waals surface area contributed by atoms with E-state index in [1.54, 1.807) is 12.2 Å². The first-order valence-electron chi connectivity index (χ1n) is 7.43. The van der Waals surface area contributed by atoms with Gasteiger partial charge in [0.25, 0.3) is 0 Å². The van der Waals surface area contributed by atoms with Crippen molar-refractivity contribution >= 4 is 0 Å². The Morgan fingerprint density at radius 3 is 1.55 bits per heavy atom. The van der Waals surface area contributed by atoms with Gasteiger partial charge in [0.05, 0.1) is 0 Å². The van der Waals surface area contributed by atoms with Crippen LogP contribution in [-0.4, -0.2) is 13.2 Å². The van der Waals surface area contributed by atoms with Gasteiger partial charge in [-0.1, -0.05) is 25.0 Å². The fourth-order valence-electron chi connectivity index (χ4n) is 0.796. The topological polar surface area (TPSA) is 46.1 Å². The number of hydrogen-bond acceptors (Lipinski definition) is 2. The van der Waals surface area contributed by atoms with E-state index in [0.717, 1.165) is 32.1 Å². The van der Waals surface area contributed by atoms with Crippen molar-refractivity contribution in [1.82, 2.24) is 0 Å². The Kier molecular flexibility index (Phi) is 44.1. The molecule has 0 heterocycles. The average molecular weight is 471 g/mol. The molecule has 22 heavy (non-hydrogen) atoms. The minimum absolute atomic E-state index is 0. The van der Waals surface area contributed by atoms with E-state index in [4.69, 9.17) is 0 Å². The molecule has 0 N–H and O–H groups in total. The summed E-state index contributed by atoms with van der Waals surface area (Å²) in [5.74, 6) is 1.42. The SMILES string of the molecule is C=CCCC[O-].C=CCCC[O-].C[C-](C)C.[C-]1=CC=CC1.[Hf+4]. The van der Waals surface area contributed by atoms with E-state index < -0.39 is 0 Å². The molecule has 0 unspecified atom stereocenters. The van der Waals surface area contributed by atoms with Crippen LogP contribution in [0.15, 0.2) is 43.5 Å². The second kappa shape index (κ2) is 32.6. The van der Waals surface area contributed by atoms with Crippen LogP contribution in [0.25, 0.3) is 0 Å². The van der Waals surface area contributed by atoms with Gasteiger partial charge in [0, 0.05) is 0 Å². The van der Waals surface area contributed by atoms with Gasteiger partial charge >= 0.3 is 25.8 Å². The summed E-state index contributed by atoms with van der Waals surface area (Å²) in [5.41, 5.74) is 0. The van der Waals surface area contributed by atoms with Gasteiger partial charge in [-0.2, -0.15) is 26.8 Å². The zero-order chi connectivity index (χ0) is 16.8. The molecule has 0 bridgehead atoms. The molecule has 1 aliphatic carbocycles. The molecule has 0 aromatic carbocycles. The van der Waals surface area contributed by atoms with Crippen LogP contribution in [0, 0.1) is 12.0 Å². The molecular formula is C19H32HfO2. The molecule has 0 atom stereocenters. The first kappa shape index (κ1) is 29.7. The largest absolute Gasteiger partial charge is 4.00 e. The van der Waals surface area contributed by atoms with E-state index >= 15 is 0 Å². The smallest absolute Gasteiger partial charge is 0.854 e. The predicted octanol–water partition coefficient (Wildman–Crippen LogP) is 3.55. The molecule has 3 heteroatoms. The van der Waals surface area contributed by atoms with Gasteiger partial charge in [-0.05, 0) is 12.8 Å². The molecule has 0 spiro atoms. The van der Waals surface area contributed by atoms with Crippen molar-refractivity contribution in [2.24, 2.45) is 0 Å². The summed E-state index contributed by atoms with van der Waals surface area (Å²) in [6.45, 7) is 13.2. The molecular weight excluding hydrogens is 439 g/mol. The van der Waals surface area contributed by atoms with Crippen LogP contribution in [0.3, 0.4) is 0 Å². The Balaban J connectivity index is -0.0000000977. The molecule has 0 aromatic rings. The third-order valence-electron chi connectivity index (χ3n) is 1.69. The summed E-state index contributed by atoms with van der Waals surface area (Å²) in [7, 11) is 0. The summed E-state index contributed by atoms with van der Waals surface area (Å²) in [6.07, 6.45) is 16.7. The molecule has 1 rings (SSSR count). The third kappa shape index (κ3) is 60.1. The van der Waals surface area contributed by atoms with Gasteiger partial charge < -0.3 is 16.1 Å². The van der Waals surface area contributed by atoms with E-state index in [1.807, 2.05) is 12.2 Å². The Hall–Kier alpha value is -0.250. The molecule has 0 radical (unpaired) electrons. The van der Waals surface area contributed by atoms with Crippen LogP contribution in [0.5, 0.6) is 0 Å².